The number of rotatable bonds is 6. The number of hydrogen-bond donors (Lipinski definition) is 4. The van der Waals surface area contributed by atoms with E-state index in [1.54, 1.807) is 48.5 Å². The summed E-state index contributed by atoms with van der Waals surface area (Å²) in [6, 6.07) is 13.8. The van der Waals surface area contributed by atoms with Crippen molar-refractivity contribution in [1.82, 2.24) is 0 Å². The predicted molar refractivity (Wildman–Crippen MR) is 95.0 cm³/mol. The number of aliphatic carboxylic acids is 1. The Morgan fingerprint density at radius 1 is 0.931 bits per heavy atom. The molecule has 8 nitrogen and oxygen atoms in total. The van der Waals surface area contributed by atoms with E-state index in [9.17, 15) is 30.3 Å². The van der Waals surface area contributed by atoms with Crippen LogP contribution in [0, 0.1) is 0 Å². The van der Waals surface area contributed by atoms with Gasteiger partial charge in [0.05, 0.1) is 6.61 Å². The molecule has 4 N–H and O–H groups in total. The van der Waals surface area contributed by atoms with Gasteiger partial charge in [0.1, 0.15) is 30.2 Å². The molecule has 1 fully saturated rings. The van der Waals surface area contributed by atoms with Gasteiger partial charge in [-0.15, -0.1) is 0 Å². The third-order valence-electron chi connectivity index (χ3n) is 4.59. The zero-order valence-corrected chi connectivity index (χ0v) is 17.8. The van der Waals surface area contributed by atoms with Crippen molar-refractivity contribution in [1.29, 1.82) is 0 Å². The molecule has 0 amide bonds. The molecular formula is C20H21NaO8. The van der Waals surface area contributed by atoms with Gasteiger partial charge >= 0.3 is 29.6 Å². The first-order chi connectivity index (χ1) is 13.4. The third kappa shape index (κ3) is 5.78. The minimum Gasteiger partial charge on any atom is -0.550 e. The van der Waals surface area contributed by atoms with Crippen molar-refractivity contribution in [2.24, 2.45) is 0 Å². The van der Waals surface area contributed by atoms with Gasteiger partial charge in [0, 0.05) is 12.4 Å². The molecule has 0 aromatic heterocycles. The molecule has 5 atom stereocenters. The van der Waals surface area contributed by atoms with Crippen LogP contribution in [0.15, 0.2) is 48.5 Å². The van der Waals surface area contributed by atoms with Crippen LogP contribution >= 0.6 is 0 Å². The number of carboxylic acids is 1. The minimum atomic E-state index is -1.50. The monoisotopic (exact) mass is 412 g/mol. The summed E-state index contributed by atoms with van der Waals surface area (Å²) in [6.07, 6.45) is -6.86. The zero-order valence-electron chi connectivity index (χ0n) is 15.8. The van der Waals surface area contributed by atoms with E-state index in [1.807, 2.05) is 0 Å². The second kappa shape index (κ2) is 10.5. The maximum atomic E-state index is 10.6. The van der Waals surface area contributed by atoms with Crippen LogP contribution in [0.3, 0.4) is 0 Å². The molecule has 2 aromatic rings. The Labute approximate surface area is 189 Å². The molecule has 29 heavy (non-hydrogen) atoms. The molecule has 3 rings (SSSR count). The molecule has 0 aliphatic carbocycles. The normalized spacial score (nSPS) is 26.4. The number of aliphatic hydroxyl groups is 4. The average Bonchev–Trinajstić information content (AvgIpc) is 2.69. The van der Waals surface area contributed by atoms with E-state index < -0.39 is 43.3 Å². The molecule has 2 aromatic carbocycles. The van der Waals surface area contributed by atoms with Crippen LogP contribution in [-0.2, 0) is 16.0 Å². The number of benzene rings is 2. The molecule has 0 spiro atoms. The van der Waals surface area contributed by atoms with Crippen LogP contribution in [0.2, 0.25) is 0 Å². The van der Waals surface area contributed by atoms with E-state index in [-0.39, 0.29) is 36.0 Å². The fraction of sp³-hybridized carbons (Fsp3) is 0.350. The number of carbonyl (C=O) groups is 1. The van der Waals surface area contributed by atoms with Gasteiger partial charge in [-0.1, -0.05) is 36.4 Å². The Balaban J connectivity index is 0.00000300. The summed E-state index contributed by atoms with van der Waals surface area (Å²) < 4.78 is 10.9. The van der Waals surface area contributed by atoms with Gasteiger partial charge in [0.2, 0.25) is 6.29 Å². The maximum absolute atomic E-state index is 10.6. The van der Waals surface area contributed by atoms with Gasteiger partial charge in [-0.2, -0.15) is 0 Å². The Bertz CT molecular complexity index is 793. The van der Waals surface area contributed by atoms with Gasteiger partial charge in [-0.25, -0.2) is 0 Å². The molecule has 1 saturated heterocycles. The Morgan fingerprint density at radius 3 is 2.00 bits per heavy atom. The van der Waals surface area contributed by atoms with Crippen LogP contribution in [-0.4, -0.2) is 63.7 Å². The van der Waals surface area contributed by atoms with Gasteiger partial charge in [-0.05, 0) is 28.8 Å². The summed E-state index contributed by atoms with van der Waals surface area (Å²) in [7, 11) is 0. The van der Waals surface area contributed by atoms with Crippen LogP contribution in [0.4, 0.5) is 0 Å². The summed E-state index contributed by atoms with van der Waals surface area (Å²) >= 11 is 0. The van der Waals surface area contributed by atoms with E-state index in [2.05, 4.69) is 0 Å². The van der Waals surface area contributed by atoms with Crippen LogP contribution in [0.1, 0.15) is 5.56 Å². The summed E-state index contributed by atoms with van der Waals surface area (Å²) in [5.41, 5.74) is 2.38. The molecule has 1 heterocycles. The standard InChI is InChI=1S/C20H22O8.Na/c21-10-15-17(24)18(25)19(26)20(28-15)27-14-7-5-13(6-8-14)12-3-1-11(2-4-12)9-16(22)23;/h1-8,15,17-21,24-26H,9-10H2,(H,22,23);/q;+1/p-1/t15-,17-,18+,19+,20+;/m1./s1. The molecule has 0 radical (unpaired) electrons. The van der Waals surface area contributed by atoms with Crippen LogP contribution < -0.4 is 39.4 Å². The average molecular weight is 412 g/mol. The predicted octanol–water partition coefficient (Wildman–Crippen LogP) is -4.17. The third-order valence-corrected chi connectivity index (χ3v) is 4.59. The summed E-state index contributed by atoms with van der Waals surface area (Å²) in [4.78, 5) is 10.6. The van der Waals surface area contributed by atoms with E-state index in [1.165, 1.54) is 0 Å². The zero-order chi connectivity index (χ0) is 20.3. The minimum absolute atomic E-state index is 0. The molecule has 0 saturated carbocycles. The van der Waals surface area contributed by atoms with Gasteiger partial charge in [-0.3, -0.25) is 0 Å². The summed E-state index contributed by atoms with van der Waals surface area (Å²) in [5, 5.41) is 49.4. The molecule has 0 unspecified atom stereocenters. The summed E-state index contributed by atoms with van der Waals surface area (Å²) in [6.45, 7) is -0.530. The fourth-order valence-electron chi connectivity index (χ4n) is 3.01. The van der Waals surface area contributed by atoms with E-state index in [0.29, 0.717) is 11.3 Å². The quantitative estimate of drug-likeness (QED) is 0.351. The van der Waals surface area contributed by atoms with E-state index in [0.717, 1.165) is 11.1 Å². The van der Waals surface area contributed by atoms with Gasteiger partial charge < -0.3 is 39.8 Å². The van der Waals surface area contributed by atoms with Gasteiger partial charge in [0.25, 0.3) is 0 Å². The van der Waals surface area contributed by atoms with Gasteiger partial charge in [0.15, 0.2) is 0 Å². The first kappa shape index (κ1) is 23.8. The maximum Gasteiger partial charge on any atom is 1.00 e. The first-order valence-corrected chi connectivity index (χ1v) is 8.75. The van der Waals surface area contributed by atoms with E-state index in [4.69, 9.17) is 9.47 Å². The number of carboxylic acid groups (broad SMARTS) is 1. The smallest absolute Gasteiger partial charge is 0.550 e. The van der Waals surface area contributed by atoms with Crippen molar-refractivity contribution in [3.8, 4) is 16.9 Å². The number of carbonyl (C=O) groups excluding carboxylic acids is 1. The van der Waals surface area contributed by atoms with Crippen molar-refractivity contribution in [3.63, 3.8) is 0 Å². The van der Waals surface area contributed by atoms with Crippen molar-refractivity contribution < 1.29 is 69.4 Å². The van der Waals surface area contributed by atoms with E-state index >= 15 is 0 Å². The Kier molecular flexibility index (Phi) is 8.62. The summed E-state index contributed by atoms with van der Waals surface area (Å²) in [5.74, 6) is -0.774. The largest absolute Gasteiger partial charge is 1.00 e. The first-order valence-electron chi connectivity index (χ1n) is 8.75. The second-order valence-corrected chi connectivity index (χ2v) is 6.59. The van der Waals surface area contributed by atoms with Crippen molar-refractivity contribution in [2.45, 2.75) is 37.1 Å². The van der Waals surface area contributed by atoms with Crippen molar-refractivity contribution in [2.75, 3.05) is 6.61 Å². The van der Waals surface area contributed by atoms with Crippen molar-refractivity contribution in [3.05, 3.63) is 54.1 Å². The Morgan fingerprint density at radius 2 is 1.48 bits per heavy atom. The number of hydrogen-bond acceptors (Lipinski definition) is 8. The molecule has 1 aliphatic rings. The molecule has 1 aliphatic heterocycles. The topological polar surface area (TPSA) is 140 Å². The number of aliphatic hydroxyl groups excluding tert-OH is 4. The van der Waals surface area contributed by atoms with Crippen LogP contribution in [0.5, 0.6) is 5.75 Å². The molecule has 9 heteroatoms. The second-order valence-electron chi connectivity index (χ2n) is 6.59. The SMILES string of the molecule is O=C([O-])Cc1ccc(-c2ccc(O[C@H]3O[C@H](CO)[C@@H](O)[C@H](O)[C@@H]3O)cc2)cc1.[Na+]. The molecular weight excluding hydrogens is 391 g/mol. The number of ether oxygens (including phenoxy) is 2. The molecule has 150 valence electrons. The molecule has 0 bridgehead atoms. The van der Waals surface area contributed by atoms with Crippen LogP contribution in [0.25, 0.3) is 11.1 Å². The van der Waals surface area contributed by atoms with Crippen molar-refractivity contribution >= 4 is 5.97 Å². The Hall–Kier alpha value is -1.49. The fourth-order valence-corrected chi connectivity index (χ4v) is 3.01.